The molecule has 5 nitrogen and oxygen atoms in total. The van der Waals surface area contributed by atoms with Gasteiger partial charge in [0.05, 0.1) is 0 Å². The van der Waals surface area contributed by atoms with Crippen molar-refractivity contribution in [2.75, 3.05) is 0 Å². The molecule has 0 atom stereocenters. The van der Waals surface area contributed by atoms with Gasteiger partial charge in [-0.15, -0.1) is 0 Å². The van der Waals surface area contributed by atoms with Crippen molar-refractivity contribution in [3.05, 3.63) is 133 Å². The van der Waals surface area contributed by atoms with Gasteiger partial charge in [-0.05, 0) is 47.9 Å². The Balaban J connectivity index is 1.32. The molecule has 5 heteroatoms. The second kappa shape index (κ2) is 9.89. The maximum absolute atomic E-state index is 6.47. The molecule has 5 aromatic carbocycles. The molecule has 208 valence electrons. The molecule has 1 aliphatic rings. The first-order valence-corrected chi connectivity index (χ1v) is 14.8. The number of para-hydroxylation sites is 1. The molecule has 0 saturated carbocycles. The van der Waals surface area contributed by atoms with Crippen LogP contribution in [0.5, 0.6) is 0 Å². The summed E-state index contributed by atoms with van der Waals surface area (Å²) in [5, 5.41) is 3.13. The molecule has 0 radical (unpaired) electrons. The van der Waals surface area contributed by atoms with Crippen molar-refractivity contribution in [3.63, 3.8) is 0 Å². The molecule has 1 aliphatic carbocycles. The number of hydrogen-bond acceptors (Lipinski definition) is 5. The Kier molecular flexibility index (Phi) is 5.56. The molecular weight excluding hydrogens is 542 g/mol. The summed E-state index contributed by atoms with van der Waals surface area (Å²) in [4.78, 5) is 15.1. The van der Waals surface area contributed by atoms with Crippen molar-refractivity contribution in [1.29, 1.82) is 0 Å². The monoisotopic (exact) mass is 567 g/mol. The van der Waals surface area contributed by atoms with E-state index in [-0.39, 0.29) is 0 Å². The van der Waals surface area contributed by atoms with Crippen LogP contribution in [0, 0.1) is 0 Å². The van der Waals surface area contributed by atoms with Crippen LogP contribution in [-0.4, -0.2) is 15.0 Å². The van der Waals surface area contributed by atoms with Crippen LogP contribution in [0.3, 0.4) is 0 Å². The first-order chi connectivity index (χ1) is 21.8. The minimum absolute atomic E-state index is 0.598. The van der Waals surface area contributed by atoms with E-state index >= 15 is 0 Å². The Morgan fingerprint density at radius 3 is 1.95 bits per heavy atom. The van der Waals surface area contributed by atoms with Crippen molar-refractivity contribution in [2.45, 2.75) is 12.8 Å². The predicted molar refractivity (Wildman–Crippen MR) is 176 cm³/mol. The average Bonchev–Trinajstić information content (AvgIpc) is 3.66. The molecule has 3 heterocycles. The first-order valence-electron chi connectivity index (χ1n) is 14.8. The highest BCUT2D eigenvalue weighted by molar-refractivity contribution is 6.13. The van der Waals surface area contributed by atoms with Crippen molar-refractivity contribution in [2.24, 2.45) is 0 Å². The summed E-state index contributed by atoms with van der Waals surface area (Å²) >= 11 is 0. The van der Waals surface area contributed by atoms with E-state index in [1.807, 2.05) is 78.9 Å². The summed E-state index contributed by atoms with van der Waals surface area (Å²) in [5.41, 5.74) is 8.55. The van der Waals surface area contributed by atoms with Crippen molar-refractivity contribution in [3.8, 4) is 45.3 Å². The smallest absolute Gasteiger partial charge is 0.164 e. The average molecular weight is 568 g/mol. The third-order valence-electron chi connectivity index (χ3n) is 8.38. The molecule has 9 rings (SSSR count). The summed E-state index contributed by atoms with van der Waals surface area (Å²) in [6.45, 7) is 0. The summed E-state index contributed by atoms with van der Waals surface area (Å²) in [5.74, 6) is 2.90. The molecule has 0 amide bonds. The Hall–Kier alpha value is -5.81. The minimum Gasteiger partial charge on any atom is -0.460 e. The summed E-state index contributed by atoms with van der Waals surface area (Å²) in [7, 11) is 0. The molecule has 44 heavy (non-hydrogen) atoms. The number of aryl methyl sites for hydroxylation is 1. The molecule has 0 bridgehead atoms. The van der Waals surface area contributed by atoms with Gasteiger partial charge in [0, 0.05) is 44.8 Å². The number of benzene rings is 5. The lowest BCUT2D eigenvalue weighted by molar-refractivity contribution is 0.546. The molecule has 3 aromatic heterocycles. The molecule has 8 aromatic rings. The van der Waals surface area contributed by atoms with Crippen molar-refractivity contribution in [1.82, 2.24) is 15.0 Å². The zero-order valence-corrected chi connectivity index (χ0v) is 23.7. The SMILES string of the molecule is C1=Cc2c(oc3ccc(-c4cc(-c5nc(-c6ccccc6)nc(-c6ccccc6)n5)c5c(c4)oc4ccccc45)cc23)CC1. The van der Waals surface area contributed by atoms with Gasteiger partial charge in [-0.2, -0.15) is 0 Å². The van der Waals surface area contributed by atoms with Gasteiger partial charge in [0.15, 0.2) is 17.5 Å². The van der Waals surface area contributed by atoms with Gasteiger partial charge in [-0.3, -0.25) is 0 Å². The lowest BCUT2D eigenvalue weighted by atomic mass is 9.96. The van der Waals surface area contributed by atoms with E-state index in [9.17, 15) is 0 Å². The highest BCUT2D eigenvalue weighted by Crippen LogP contribution is 2.41. The highest BCUT2D eigenvalue weighted by atomic mass is 16.3. The van der Waals surface area contributed by atoms with E-state index in [0.717, 1.165) is 79.3 Å². The van der Waals surface area contributed by atoms with Gasteiger partial charge in [0.1, 0.15) is 22.5 Å². The maximum Gasteiger partial charge on any atom is 0.164 e. The van der Waals surface area contributed by atoms with Crippen LogP contribution in [0.15, 0.2) is 130 Å². The van der Waals surface area contributed by atoms with Crippen LogP contribution in [0.25, 0.3) is 84.3 Å². The minimum atomic E-state index is 0.598. The van der Waals surface area contributed by atoms with Crippen molar-refractivity contribution < 1.29 is 8.83 Å². The fourth-order valence-electron chi connectivity index (χ4n) is 6.26. The molecule has 0 aliphatic heterocycles. The van der Waals surface area contributed by atoms with E-state index in [1.165, 1.54) is 5.56 Å². The van der Waals surface area contributed by atoms with Crippen LogP contribution in [0.2, 0.25) is 0 Å². The Morgan fingerprint density at radius 1 is 0.500 bits per heavy atom. The van der Waals surface area contributed by atoms with Gasteiger partial charge in [-0.1, -0.05) is 97.1 Å². The zero-order valence-electron chi connectivity index (χ0n) is 23.7. The van der Waals surface area contributed by atoms with E-state index in [4.69, 9.17) is 23.8 Å². The molecule has 0 N–H and O–H groups in total. The third-order valence-corrected chi connectivity index (χ3v) is 8.38. The van der Waals surface area contributed by atoms with Gasteiger partial charge in [0.2, 0.25) is 0 Å². The number of aromatic nitrogens is 3. The van der Waals surface area contributed by atoms with Crippen LogP contribution >= 0.6 is 0 Å². The largest absolute Gasteiger partial charge is 0.460 e. The van der Waals surface area contributed by atoms with Gasteiger partial charge >= 0.3 is 0 Å². The van der Waals surface area contributed by atoms with Gasteiger partial charge in [-0.25, -0.2) is 15.0 Å². The number of fused-ring (bicyclic) bond motifs is 6. The zero-order chi connectivity index (χ0) is 29.0. The summed E-state index contributed by atoms with van der Waals surface area (Å²) < 4.78 is 12.7. The quantitative estimate of drug-likeness (QED) is 0.212. The molecular formula is C39H25N3O2. The van der Waals surface area contributed by atoms with E-state index in [1.54, 1.807) is 0 Å². The molecule has 0 saturated heterocycles. The van der Waals surface area contributed by atoms with Gasteiger partial charge in [0.25, 0.3) is 0 Å². The maximum atomic E-state index is 6.47. The molecule has 0 unspecified atom stereocenters. The summed E-state index contributed by atoms with van der Waals surface area (Å²) in [6.07, 6.45) is 6.34. The number of rotatable bonds is 4. The summed E-state index contributed by atoms with van der Waals surface area (Å²) in [6, 6.07) is 39.0. The normalized spacial score (nSPS) is 12.7. The Bertz CT molecular complexity index is 2330. The second-order valence-corrected chi connectivity index (χ2v) is 11.1. The van der Waals surface area contributed by atoms with Crippen LogP contribution in [0.1, 0.15) is 17.7 Å². The van der Waals surface area contributed by atoms with Gasteiger partial charge < -0.3 is 8.83 Å². The standard InChI is InChI=1S/C39H25N3O2/c1-3-11-24(12-4-1)37-40-38(25-13-5-2-6-14-25)42-39(41-37)31-22-27(23-35-36(31)29-16-8-10-18-33(29)44-35)26-19-20-34-30(21-26)28-15-7-9-17-32(28)43-34/h1-8,10-16,18-23H,9,17H2. The van der Waals surface area contributed by atoms with E-state index in [2.05, 4.69) is 48.6 Å². The fraction of sp³-hybridized carbons (Fsp3) is 0.0513. The number of furan rings is 2. The number of nitrogens with zero attached hydrogens (tertiary/aromatic N) is 3. The lowest BCUT2D eigenvalue weighted by Crippen LogP contribution is -2.00. The van der Waals surface area contributed by atoms with Crippen LogP contribution in [-0.2, 0) is 6.42 Å². The molecule has 0 fully saturated rings. The van der Waals surface area contributed by atoms with E-state index < -0.39 is 0 Å². The van der Waals surface area contributed by atoms with E-state index in [0.29, 0.717) is 17.5 Å². The Labute approximate surface area is 253 Å². The predicted octanol–water partition coefficient (Wildman–Crippen LogP) is 10.1. The fourth-order valence-corrected chi connectivity index (χ4v) is 6.26. The highest BCUT2D eigenvalue weighted by Gasteiger charge is 2.21. The topological polar surface area (TPSA) is 65.0 Å². The third kappa shape index (κ3) is 4.05. The number of allylic oxidation sites excluding steroid dienone is 1. The lowest BCUT2D eigenvalue weighted by Gasteiger charge is -2.11. The Morgan fingerprint density at radius 2 is 1.18 bits per heavy atom. The number of hydrogen-bond donors (Lipinski definition) is 0. The van der Waals surface area contributed by atoms with Crippen molar-refractivity contribution >= 4 is 39.0 Å². The van der Waals surface area contributed by atoms with Crippen LogP contribution in [0.4, 0.5) is 0 Å². The first kappa shape index (κ1) is 24.8. The molecule has 0 spiro atoms. The van der Waals surface area contributed by atoms with Crippen LogP contribution < -0.4 is 0 Å². The second-order valence-electron chi connectivity index (χ2n) is 11.1.